The van der Waals surface area contributed by atoms with Crippen molar-refractivity contribution in [2.24, 2.45) is 0 Å². The first-order valence-electron chi connectivity index (χ1n) is 6.27. The molecule has 112 valence electrons. The summed E-state index contributed by atoms with van der Waals surface area (Å²) in [6, 6.07) is 2.40. The molecule has 0 spiro atoms. The van der Waals surface area contributed by atoms with E-state index in [4.69, 9.17) is 10.4 Å². The molecule has 5 N–H and O–H groups in total. The number of carbonyl (C=O) groups is 1. The van der Waals surface area contributed by atoms with Crippen LogP contribution in [0.15, 0.2) is 12.1 Å². The zero-order chi connectivity index (χ0) is 15.3. The molecule has 20 heavy (non-hydrogen) atoms. The van der Waals surface area contributed by atoms with Crippen LogP contribution in [0.3, 0.4) is 0 Å². The predicted octanol–water partition coefficient (Wildman–Crippen LogP) is -0.668. The Morgan fingerprint density at radius 1 is 1.25 bits per heavy atom. The van der Waals surface area contributed by atoms with Crippen molar-refractivity contribution < 1.29 is 25.7 Å². The van der Waals surface area contributed by atoms with Crippen molar-refractivity contribution in [2.75, 3.05) is 6.54 Å². The number of carbonyl (C=O) groups excluding carboxylic acids is 1. The monoisotopic (exact) mass is 285 g/mol. The highest BCUT2D eigenvalue weighted by Gasteiger charge is 2.20. The second-order valence-corrected chi connectivity index (χ2v) is 4.42. The Morgan fingerprint density at radius 2 is 1.75 bits per heavy atom. The van der Waals surface area contributed by atoms with E-state index in [2.05, 4.69) is 5.32 Å². The quantitative estimate of drug-likeness (QED) is 0.350. The Morgan fingerprint density at radius 3 is 2.15 bits per heavy atom. The minimum Gasteiger partial charge on any atom is -0.595 e. The Hall–Kier alpha value is -1.55. The normalized spacial score (nSPS) is 13.9. The average Bonchev–Trinajstić information content (AvgIpc) is 2.38. The second kappa shape index (κ2) is 7.29. The van der Waals surface area contributed by atoms with Crippen molar-refractivity contribution >= 4 is 17.3 Å². The summed E-state index contributed by atoms with van der Waals surface area (Å²) < 4.78 is 0. The number of hydrogen-bond acceptors (Lipinski definition) is 5. The van der Waals surface area contributed by atoms with Gasteiger partial charge in [-0.2, -0.15) is 10.5 Å². The number of unbranched alkanes of at least 4 members (excludes halogenated alkanes) is 1. The van der Waals surface area contributed by atoms with Crippen molar-refractivity contribution in [3.05, 3.63) is 33.7 Å². The highest BCUT2D eigenvalue weighted by Crippen LogP contribution is 2.20. The third-order valence-electron chi connectivity index (χ3n) is 2.95. The van der Waals surface area contributed by atoms with Crippen LogP contribution in [-0.2, 0) is 0 Å². The number of rotatable bonds is 6. The van der Waals surface area contributed by atoms with Gasteiger partial charge >= 0.3 is 0 Å². The van der Waals surface area contributed by atoms with Gasteiger partial charge in [0.2, 0.25) is 0 Å². The minimum atomic E-state index is -1.26. The van der Waals surface area contributed by atoms with Crippen molar-refractivity contribution in [3.8, 4) is 0 Å². The van der Waals surface area contributed by atoms with Gasteiger partial charge in [0.15, 0.2) is 11.4 Å². The molecule has 1 rings (SSSR count). The Kier molecular flexibility index (Phi) is 6.02. The molecule has 0 radical (unpaired) electrons. The zero-order valence-corrected chi connectivity index (χ0v) is 11.4. The van der Waals surface area contributed by atoms with Crippen LogP contribution < -0.4 is 15.8 Å². The third kappa shape index (κ3) is 3.97. The highest BCUT2D eigenvalue weighted by molar-refractivity contribution is 5.95. The lowest BCUT2D eigenvalue weighted by Gasteiger charge is -2.20. The van der Waals surface area contributed by atoms with E-state index in [1.165, 1.54) is 19.1 Å². The highest BCUT2D eigenvalue weighted by atomic mass is 16.8. The number of benzene rings is 1. The molecule has 2 unspecified atom stereocenters. The molecule has 0 aliphatic rings. The third-order valence-corrected chi connectivity index (χ3v) is 2.95. The average molecular weight is 285 g/mol. The summed E-state index contributed by atoms with van der Waals surface area (Å²) in [6.07, 6.45) is 1.71. The molecule has 1 aromatic carbocycles. The summed E-state index contributed by atoms with van der Waals surface area (Å²) in [5, 5.41) is 40.5. The molecule has 0 bridgehead atoms. The summed E-state index contributed by atoms with van der Waals surface area (Å²) in [6.45, 7) is 3.85. The molecule has 0 heterocycles. The molecule has 8 nitrogen and oxygen atoms in total. The second-order valence-electron chi connectivity index (χ2n) is 4.42. The number of hydrogen-bond donors (Lipinski definition) is 5. The molecule has 0 aliphatic carbocycles. The number of amides is 1. The van der Waals surface area contributed by atoms with Crippen molar-refractivity contribution in [3.63, 3.8) is 0 Å². The van der Waals surface area contributed by atoms with Crippen LogP contribution in [0.5, 0.6) is 0 Å². The van der Waals surface area contributed by atoms with Crippen molar-refractivity contribution in [2.45, 2.75) is 26.7 Å². The maximum atomic E-state index is 11.9. The lowest BCUT2D eigenvalue weighted by molar-refractivity contribution is -0.996. The fourth-order valence-corrected chi connectivity index (χ4v) is 1.77. The van der Waals surface area contributed by atoms with Crippen LogP contribution in [0.1, 0.15) is 35.7 Å². The molecular formula is C12H19N3O5. The molecule has 0 saturated carbocycles. The van der Waals surface area contributed by atoms with Crippen LogP contribution in [0.4, 0.5) is 11.4 Å². The first kappa shape index (κ1) is 16.5. The van der Waals surface area contributed by atoms with Crippen LogP contribution in [0.25, 0.3) is 0 Å². The first-order valence-corrected chi connectivity index (χ1v) is 6.27. The van der Waals surface area contributed by atoms with Crippen molar-refractivity contribution in [1.82, 2.24) is 5.32 Å². The van der Waals surface area contributed by atoms with Crippen molar-refractivity contribution in [1.29, 1.82) is 0 Å². The van der Waals surface area contributed by atoms with E-state index in [1.807, 2.05) is 6.92 Å². The van der Waals surface area contributed by atoms with Gasteiger partial charge in [0, 0.05) is 18.7 Å². The lowest BCUT2D eigenvalue weighted by Crippen LogP contribution is -3.01. The van der Waals surface area contributed by atoms with Crippen LogP contribution in [-0.4, -0.2) is 22.9 Å². The molecule has 0 aliphatic heterocycles. The molecule has 2 atom stereocenters. The maximum Gasteiger partial charge on any atom is 0.251 e. The summed E-state index contributed by atoms with van der Waals surface area (Å²) in [5.41, 5.74) is -0.173. The molecule has 1 aromatic rings. The first-order chi connectivity index (χ1) is 9.38. The summed E-state index contributed by atoms with van der Waals surface area (Å²) in [7, 11) is 0. The van der Waals surface area contributed by atoms with Crippen LogP contribution in [0, 0.1) is 17.3 Å². The van der Waals surface area contributed by atoms with Gasteiger partial charge in [-0.15, -0.1) is 0 Å². The van der Waals surface area contributed by atoms with Gasteiger partial charge in [0.1, 0.15) is 0 Å². The fraction of sp³-hybridized carbons (Fsp3) is 0.417. The molecule has 0 fully saturated rings. The molecular weight excluding hydrogens is 266 g/mol. The molecule has 1 amide bonds. The van der Waals surface area contributed by atoms with Gasteiger partial charge in [-0.05, 0) is 13.3 Å². The topological polar surface area (TPSA) is 125 Å². The van der Waals surface area contributed by atoms with Crippen LogP contribution >= 0.6 is 0 Å². The fourth-order valence-electron chi connectivity index (χ4n) is 1.77. The summed E-state index contributed by atoms with van der Waals surface area (Å²) in [4.78, 5) is 11.9. The summed E-state index contributed by atoms with van der Waals surface area (Å²) >= 11 is 0. The van der Waals surface area contributed by atoms with E-state index in [1.54, 1.807) is 0 Å². The van der Waals surface area contributed by atoms with Gasteiger partial charge in [0.25, 0.3) is 5.91 Å². The smallest absolute Gasteiger partial charge is 0.251 e. The minimum absolute atomic E-state index is 0.0431. The van der Waals surface area contributed by atoms with Gasteiger partial charge in [0.05, 0.1) is 11.1 Å². The standard InChI is InChI=1S/C12H19N3O5/c1-3-4-5-13-12(16)9-6-10(14(17)18)8(2)11(7-9)15(19)20/h6-7,14-15,17,19H,3-5H2,1-2H3,(H,13,16). The van der Waals surface area contributed by atoms with E-state index >= 15 is 0 Å². The lowest BCUT2D eigenvalue weighted by atomic mass is 10.1. The summed E-state index contributed by atoms with van der Waals surface area (Å²) in [5.74, 6) is -0.469. The largest absolute Gasteiger partial charge is 0.595 e. The molecule has 0 saturated heterocycles. The molecule has 8 heteroatoms. The zero-order valence-electron chi connectivity index (χ0n) is 11.4. The van der Waals surface area contributed by atoms with Gasteiger partial charge in [-0.25, -0.2) is 10.4 Å². The van der Waals surface area contributed by atoms with E-state index in [0.717, 1.165) is 12.8 Å². The van der Waals surface area contributed by atoms with Gasteiger partial charge in [-0.1, -0.05) is 13.3 Å². The van der Waals surface area contributed by atoms with Crippen LogP contribution in [0.2, 0.25) is 0 Å². The van der Waals surface area contributed by atoms with E-state index in [-0.39, 0.29) is 22.5 Å². The Labute approximate surface area is 116 Å². The van der Waals surface area contributed by atoms with E-state index in [0.29, 0.717) is 6.54 Å². The van der Waals surface area contributed by atoms with Gasteiger partial charge in [-0.3, -0.25) is 4.79 Å². The SMILES string of the molecule is CCCCNC(=O)c1cc([NH+]([O-])O)c(C)c([NH+]([O-])O)c1. The predicted molar refractivity (Wildman–Crippen MR) is 70.0 cm³/mol. The number of quaternary nitrogens is 2. The van der Waals surface area contributed by atoms with E-state index in [9.17, 15) is 15.2 Å². The van der Waals surface area contributed by atoms with E-state index < -0.39 is 16.4 Å². The number of nitrogens with one attached hydrogen (secondary N) is 3. The Bertz CT molecular complexity index is 447. The molecule has 0 aromatic heterocycles. The Balaban J connectivity index is 3.10. The maximum absolute atomic E-state index is 11.9. The van der Waals surface area contributed by atoms with Gasteiger partial charge < -0.3 is 15.7 Å².